The largest absolute Gasteiger partial charge is 0.392 e. The summed E-state index contributed by atoms with van der Waals surface area (Å²) in [6.45, 7) is 0.918. The zero-order valence-corrected chi connectivity index (χ0v) is 11.9. The number of halogens is 2. The fourth-order valence-electron chi connectivity index (χ4n) is 2.15. The highest BCUT2D eigenvalue weighted by Gasteiger charge is 2.30. The van der Waals surface area contributed by atoms with Crippen LogP contribution in [0.1, 0.15) is 18.2 Å². The van der Waals surface area contributed by atoms with Gasteiger partial charge in [-0.3, -0.25) is 0 Å². The standard InChI is InChI=1S/C13H12Cl2N2O3/c14-8-3-7(4-9(15)5-8)12-16-13(20-17-12)10-6-19-2-1-11(10)18/h3-5,10-11,18H,1-2,6H2. The van der Waals surface area contributed by atoms with Crippen LogP contribution in [0.25, 0.3) is 11.4 Å². The lowest BCUT2D eigenvalue weighted by atomic mass is 9.99. The molecular formula is C13H12Cl2N2O3. The van der Waals surface area contributed by atoms with Crippen LogP contribution in [-0.2, 0) is 4.74 Å². The summed E-state index contributed by atoms with van der Waals surface area (Å²) in [5.41, 5.74) is 0.670. The molecule has 1 aliphatic heterocycles. The summed E-state index contributed by atoms with van der Waals surface area (Å²) >= 11 is 11.9. The van der Waals surface area contributed by atoms with Crippen molar-refractivity contribution in [3.05, 3.63) is 34.1 Å². The summed E-state index contributed by atoms with van der Waals surface area (Å²) in [7, 11) is 0. The van der Waals surface area contributed by atoms with Gasteiger partial charge >= 0.3 is 0 Å². The molecule has 2 aromatic rings. The second-order valence-electron chi connectivity index (χ2n) is 4.65. The molecule has 20 heavy (non-hydrogen) atoms. The van der Waals surface area contributed by atoms with Crippen molar-refractivity contribution in [2.24, 2.45) is 0 Å². The first-order valence-electron chi connectivity index (χ1n) is 6.19. The van der Waals surface area contributed by atoms with Gasteiger partial charge in [-0.2, -0.15) is 4.98 Å². The summed E-state index contributed by atoms with van der Waals surface area (Å²) in [4.78, 5) is 4.30. The molecule has 5 nitrogen and oxygen atoms in total. The first-order valence-corrected chi connectivity index (χ1v) is 6.95. The molecule has 2 atom stereocenters. The van der Waals surface area contributed by atoms with Crippen LogP contribution in [0, 0.1) is 0 Å². The van der Waals surface area contributed by atoms with E-state index < -0.39 is 6.10 Å². The molecule has 0 spiro atoms. The Morgan fingerprint density at radius 1 is 1.20 bits per heavy atom. The van der Waals surface area contributed by atoms with Gasteiger partial charge in [-0.15, -0.1) is 0 Å². The van der Waals surface area contributed by atoms with Crippen molar-refractivity contribution in [1.29, 1.82) is 0 Å². The van der Waals surface area contributed by atoms with Crippen LogP contribution in [0.2, 0.25) is 10.0 Å². The van der Waals surface area contributed by atoms with Gasteiger partial charge in [-0.25, -0.2) is 0 Å². The number of aliphatic hydroxyl groups is 1. The van der Waals surface area contributed by atoms with E-state index in [0.717, 1.165) is 0 Å². The Kier molecular flexibility index (Phi) is 3.94. The van der Waals surface area contributed by atoms with Crippen LogP contribution in [0.15, 0.2) is 22.7 Å². The quantitative estimate of drug-likeness (QED) is 0.923. The van der Waals surface area contributed by atoms with Crippen molar-refractivity contribution < 1.29 is 14.4 Å². The van der Waals surface area contributed by atoms with Gasteiger partial charge in [0, 0.05) is 22.2 Å². The van der Waals surface area contributed by atoms with Crippen molar-refractivity contribution in [2.75, 3.05) is 13.2 Å². The Balaban J connectivity index is 1.89. The third-order valence-corrected chi connectivity index (χ3v) is 3.64. The van der Waals surface area contributed by atoms with E-state index in [9.17, 15) is 5.11 Å². The lowest BCUT2D eigenvalue weighted by Gasteiger charge is -2.24. The zero-order chi connectivity index (χ0) is 14.1. The smallest absolute Gasteiger partial charge is 0.235 e. The highest BCUT2D eigenvalue weighted by atomic mass is 35.5. The Labute approximate surface area is 125 Å². The number of benzene rings is 1. The molecule has 106 valence electrons. The van der Waals surface area contributed by atoms with Crippen LogP contribution in [0.4, 0.5) is 0 Å². The molecule has 2 unspecified atom stereocenters. The Hall–Kier alpha value is -1.14. The van der Waals surface area contributed by atoms with E-state index in [4.69, 9.17) is 32.5 Å². The molecular weight excluding hydrogens is 303 g/mol. The van der Waals surface area contributed by atoms with Crippen LogP contribution in [0.3, 0.4) is 0 Å². The summed E-state index contributed by atoms with van der Waals surface area (Å²) < 4.78 is 10.6. The fourth-order valence-corrected chi connectivity index (χ4v) is 2.67. The van der Waals surface area contributed by atoms with Crippen molar-refractivity contribution in [3.63, 3.8) is 0 Å². The topological polar surface area (TPSA) is 68.4 Å². The molecule has 0 bridgehead atoms. The number of ether oxygens (including phenoxy) is 1. The van der Waals surface area contributed by atoms with Gasteiger partial charge in [-0.1, -0.05) is 28.4 Å². The Morgan fingerprint density at radius 3 is 2.65 bits per heavy atom. The molecule has 1 saturated heterocycles. The second-order valence-corrected chi connectivity index (χ2v) is 5.52. The van der Waals surface area contributed by atoms with E-state index in [1.165, 1.54) is 0 Å². The molecule has 0 saturated carbocycles. The Morgan fingerprint density at radius 2 is 1.95 bits per heavy atom. The molecule has 1 aromatic heterocycles. The highest BCUT2D eigenvalue weighted by molar-refractivity contribution is 6.35. The number of hydrogen-bond acceptors (Lipinski definition) is 5. The SMILES string of the molecule is OC1CCOCC1c1nc(-c2cc(Cl)cc(Cl)c2)no1. The molecule has 7 heteroatoms. The minimum absolute atomic E-state index is 0.292. The lowest BCUT2D eigenvalue weighted by Crippen LogP contribution is -2.30. The summed E-state index contributed by atoms with van der Waals surface area (Å²) in [5.74, 6) is 0.463. The van der Waals surface area contributed by atoms with Gasteiger partial charge in [-0.05, 0) is 24.6 Å². The van der Waals surface area contributed by atoms with E-state index in [-0.39, 0.29) is 5.92 Å². The predicted molar refractivity (Wildman–Crippen MR) is 73.9 cm³/mol. The number of aliphatic hydroxyl groups excluding tert-OH is 1. The van der Waals surface area contributed by atoms with Crippen molar-refractivity contribution in [1.82, 2.24) is 10.1 Å². The molecule has 1 aliphatic rings. The van der Waals surface area contributed by atoms with Gasteiger partial charge < -0.3 is 14.4 Å². The van der Waals surface area contributed by atoms with Crippen LogP contribution < -0.4 is 0 Å². The lowest BCUT2D eigenvalue weighted by molar-refractivity contribution is -0.0149. The van der Waals surface area contributed by atoms with Crippen molar-refractivity contribution in [3.8, 4) is 11.4 Å². The van der Waals surface area contributed by atoms with E-state index in [1.54, 1.807) is 18.2 Å². The van der Waals surface area contributed by atoms with Crippen LogP contribution in [0.5, 0.6) is 0 Å². The molecule has 3 rings (SSSR count). The third-order valence-electron chi connectivity index (χ3n) is 3.20. The number of hydrogen-bond donors (Lipinski definition) is 1. The van der Waals surface area contributed by atoms with Gasteiger partial charge in [0.05, 0.1) is 18.6 Å². The van der Waals surface area contributed by atoms with E-state index in [1.807, 2.05) is 0 Å². The molecule has 0 amide bonds. The second kappa shape index (κ2) is 5.69. The maximum atomic E-state index is 9.94. The monoisotopic (exact) mass is 314 g/mol. The third kappa shape index (κ3) is 2.81. The van der Waals surface area contributed by atoms with Gasteiger partial charge in [0.25, 0.3) is 0 Å². The molecule has 2 heterocycles. The molecule has 1 aromatic carbocycles. The van der Waals surface area contributed by atoms with E-state index >= 15 is 0 Å². The zero-order valence-electron chi connectivity index (χ0n) is 10.4. The van der Waals surface area contributed by atoms with Crippen LogP contribution >= 0.6 is 23.2 Å². The highest BCUT2D eigenvalue weighted by Crippen LogP contribution is 2.29. The normalized spacial score (nSPS) is 22.9. The van der Waals surface area contributed by atoms with Crippen molar-refractivity contribution >= 4 is 23.2 Å². The fraction of sp³-hybridized carbons (Fsp3) is 0.385. The van der Waals surface area contributed by atoms with Gasteiger partial charge in [0.2, 0.25) is 11.7 Å². The molecule has 0 aliphatic carbocycles. The van der Waals surface area contributed by atoms with E-state index in [2.05, 4.69) is 10.1 Å². The average molecular weight is 315 g/mol. The van der Waals surface area contributed by atoms with Gasteiger partial charge in [0.1, 0.15) is 0 Å². The predicted octanol–water partition coefficient (Wildman–Crippen LogP) is 2.91. The average Bonchev–Trinajstić information content (AvgIpc) is 2.87. The summed E-state index contributed by atoms with van der Waals surface area (Å²) in [6.07, 6.45) is 0.0331. The number of aromatic nitrogens is 2. The maximum absolute atomic E-state index is 9.94. The molecule has 1 N–H and O–H groups in total. The molecule has 1 fully saturated rings. The minimum Gasteiger partial charge on any atom is -0.392 e. The Bertz CT molecular complexity index is 597. The molecule has 0 radical (unpaired) electrons. The minimum atomic E-state index is -0.528. The van der Waals surface area contributed by atoms with E-state index in [0.29, 0.717) is 47.0 Å². The summed E-state index contributed by atoms with van der Waals surface area (Å²) in [6, 6.07) is 5.04. The van der Waals surface area contributed by atoms with Crippen LogP contribution in [-0.4, -0.2) is 34.6 Å². The van der Waals surface area contributed by atoms with Crippen molar-refractivity contribution in [2.45, 2.75) is 18.4 Å². The van der Waals surface area contributed by atoms with Gasteiger partial charge in [0.15, 0.2) is 0 Å². The first kappa shape index (κ1) is 13.8. The first-order chi connectivity index (χ1) is 9.63. The number of rotatable bonds is 2. The summed E-state index contributed by atoms with van der Waals surface area (Å²) in [5, 5.41) is 14.8. The number of nitrogens with zero attached hydrogens (tertiary/aromatic N) is 2. The maximum Gasteiger partial charge on any atom is 0.235 e.